The van der Waals surface area contributed by atoms with Crippen molar-refractivity contribution in [3.8, 4) is 0 Å². The van der Waals surface area contributed by atoms with Crippen molar-refractivity contribution < 1.29 is 13.2 Å². The van der Waals surface area contributed by atoms with Gasteiger partial charge in [-0.15, -0.1) is 0 Å². The number of halogens is 3. The van der Waals surface area contributed by atoms with Gasteiger partial charge in [0.25, 0.3) is 0 Å². The third kappa shape index (κ3) is 1.75. The largest absolute Gasteiger partial charge is 0.318 e. The topological polar surface area (TPSA) is 26.0 Å². The van der Waals surface area contributed by atoms with E-state index in [4.69, 9.17) is 5.73 Å². The van der Waals surface area contributed by atoms with Crippen LogP contribution in [0, 0.1) is 24.4 Å². The summed E-state index contributed by atoms with van der Waals surface area (Å²) in [5.41, 5.74) is 6.62. The number of fused-ring (bicyclic) bond motifs is 1. The molecule has 2 aromatic rings. The number of aryl methyl sites for hydroxylation is 2. The van der Waals surface area contributed by atoms with Gasteiger partial charge in [-0.25, -0.2) is 13.2 Å². The van der Waals surface area contributed by atoms with Gasteiger partial charge in [0.2, 0.25) is 0 Å². The van der Waals surface area contributed by atoms with E-state index in [1.165, 1.54) is 30.3 Å². The molecular formula is C16H14F3N. The molecule has 2 N–H and O–H groups in total. The molecule has 2 aromatic carbocycles. The van der Waals surface area contributed by atoms with E-state index in [9.17, 15) is 13.2 Å². The molecule has 0 fully saturated rings. The summed E-state index contributed by atoms with van der Waals surface area (Å²) < 4.78 is 41.7. The summed E-state index contributed by atoms with van der Waals surface area (Å²) in [5.74, 6) is -1.64. The van der Waals surface area contributed by atoms with Gasteiger partial charge in [-0.2, -0.15) is 0 Å². The maximum Gasteiger partial charge on any atom is 0.134 e. The first-order valence-corrected chi connectivity index (χ1v) is 6.46. The zero-order valence-electron chi connectivity index (χ0n) is 11.0. The molecule has 20 heavy (non-hydrogen) atoms. The van der Waals surface area contributed by atoms with Gasteiger partial charge >= 0.3 is 0 Å². The molecular weight excluding hydrogens is 263 g/mol. The van der Waals surface area contributed by atoms with Crippen LogP contribution in [0.25, 0.3) is 0 Å². The Balaban J connectivity index is 2.25. The van der Waals surface area contributed by atoms with Gasteiger partial charge in [0.15, 0.2) is 0 Å². The van der Waals surface area contributed by atoms with E-state index in [0.29, 0.717) is 29.5 Å². The van der Waals surface area contributed by atoms with Gasteiger partial charge in [-0.1, -0.05) is 12.1 Å². The molecule has 0 bridgehead atoms. The number of hydrogen-bond donors (Lipinski definition) is 1. The molecule has 3 rings (SSSR count). The Bertz CT molecular complexity index is 696. The van der Waals surface area contributed by atoms with E-state index in [2.05, 4.69) is 0 Å². The van der Waals surface area contributed by atoms with E-state index >= 15 is 0 Å². The normalized spacial score (nSPS) is 21.1. The van der Waals surface area contributed by atoms with Crippen LogP contribution < -0.4 is 5.73 Å². The second-order valence-corrected chi connectivity index (χ2v) is 5.33. The predicted molar refractivity (Wildman–Crippen MR) is 70.8 cm³/mol. The van der Waals surface area contributed by atoms with E-state index in [1.54, 1.807) is 6.92 Å². The van der Waals surface area contributed by atoms with Crippen molar-refractivity contribution in [3.63, 3.8) is 0 Å². The Morgan fingerprint density at radius 2 is 1.85 bits per heavy atom. The fraction of sp³-hybridized carbons (Fsp3) is 0.250. The molecule has 1 nitrogen and oxygen atoms in total. The highest BCUT2D eigenvalue weighted by Crippen LogP contribution is 2.42. The van der Waals surface area contributed by atoms with Crippen molar-refractivity contribution >= 4 is 0 Å². The van der Waals surface area contributed by atoms with Crippen molar-refractivity contribution in [2.24, 2.45) is 5.73 Å². The fourth-order valence-corrected chi connectivity index (χ4v) is 3.00. The minimum Gasteiger partial charge on any atom is -0.318 e. The number of hydrogen-bond acceptors (Lipinski definition) is 1. The fourth-order valence-electron chi connectivity index (χ4n) is 3.00. The molecule has 1 unspecified atom stereocenters. The third-order valence-electron chi connectivity index (χ3n) is 4.07. The maximum atomic E-state index is 14.3. The summed E-state index contributed by atoms with van der Waals surface area (Å²) >= 11 is 0. The monoisotopic (exact) mass is 277 g/mol. The molecule has 1 aliphatic carbocycles. The number of nitrogens with two attached hydrogens (primary N) is 1. The third-order valence-corrected chi connectivity index (χ3v) is 4.07. The first kappa shape index (κ1) is 13.2. The van der Waals surface area contributed by atoms with E-state index in [-0.39, 0.29) is 11.4 Å². The Hall–Kier alpha value is -1.81. The average Bonchev–Trinajstić information content (AvgIpc) is 2.72. The molecule has 0 amide bonds. The summed E-state index contributed by atoms with van der Waals surface area (Å²) in [6.45, 7) is 1.57. The van der Waals surface area contributed by atoms with Crippen molar-refractivity contribution in [1.29, 1.82) is 0 Å². The van der Waals surface area contributed by atoms with E-state index in [1.807, 2.05) is 0 Å². The summed E-state index contributed by atoms with van der Waals surface area (Å²) in [6, 6.07) is 6.80. The Kier molecular flexibility index (Phi) is 2.87. The minimum atomic E-state index is -1.23. The molecule has 0 saturated carbocycles. The highest BCUT2D eigenvalue weighted by Gasteiger charge is 2.41. The van der Waals surface area contributed by atoms with Crippen LogP contribution in [0.15, 0.2) is 30.3 Å². The second-order valence-electron chi connectivity index (χ2n) is 5.33. The molecule has 0 aromatic heterocycles. The van der Waals surface area contributed by atoms with Crippen molar-refractivity contribution in [1.82, 2.24) is 0 Å². The van der Waals surface area contributed by atoms with Crippen molar-refractivity contribution in [2.45, 2.75) is 25.3 Å². The standard InChI is InChI=1S/C16H14F3N/c1-9-2-5-13(18)14(15(9)19)16(20)7-6-10-8-11(17)3-4-12(10)16/h2-5,8H,6-7,20H2,1H3. The summed E-state index contributed by atoms with van der Waals surface area (Å²) in [4.78, 5) is 0. The summed E-state index contributed by atoms with van der Waals surface area (Å²) in [7, 11) is 0. The minimum absolute atomic E-state index is 0.122. The molecule has 0 heterocycles. The highest BCUT2D eigenvalue weighted by atomic mass is 19.1. The molecule has 4 heteroatoms. The molecule has 0 spiro atoms. The lowest BCUT2D eigenvalue weighted by atomic mass is 9.83. The zero-order chi connectivity index (χ0) is 14.5. The Labute approximate surface area is 115 Å². The second kappa shape index (κ2) is 4.35. The molecule has 104 valence electrons. The quantitative estimate of drug-likeness (QED) is 0.847. The molecule has 1 atom stereocenters. The van der Waals surface area contributed by atoms with Crippen LogP contribution in [-0.2, 0) is 12.0 Å². The van der Waals surface area contributed by atoms with Crippen molar-refractivity contribution in [2.75, 3.05) is 0 Å². The van der Waals surface area contributed by atoms with Gasteiger partial charge in [-0.05, 0) is 54.7 Å². The Morgan fingerprint density at radius 1 is 1.10 bits per heavy atom. The van der Waals surface area contributed by atoms with Crippen LogP contribution in [0.3, 0.4) is 0 Å². The molecule has 1 aliphatic rings. The van der Waals surface area contributed by atoms with Crippen LogP contribution in [0.1, 0.15) is 28.7 Å². The van der Waals surface area contributed by atoms with Crippen LogP contribution in [-0.4, -0.2) is 0 Å². The van der Waals surface area contributed by atoms with Crippen LogP contribution >= 0.6 is 0 Å². The van der Waals surface area contributed by atoms with Gasteiger partial charge < -0.3 is 5.73 Å². The lowest BCUT2D eigenvalue weighted by Crippen LogP contribution is -2.37. The smallest absolute Gasteiger partial charge is 0.134 e. The van der Waals surface area contributed by atoms with E-state index in [0.717, 1.165) is 0 Å². The molecule has 0 saturated heterocycles. The van der Waals surface area contributed by atoms with Crippen LogP contribution in [0.2, 0.25) is 0 Å². The number of benzene rings is 2. The lowest BCUT2D eigenvalue weighted by Gasteiger charge is -2.27. The lowest BCUT2D eigenvalue weighted by molar-refractivity contribution is 0.450. The van der Waals surface area contributed by atoms with Gasteiger partial charge in [0.05, 0.1) is 5.54 Å². The maximum absolute atomic E-state index is 14.3. The molecule has 0 aliphatic heterocycles. The molecule has 0 radical (unpaired) electrons. The first-order valence-electron chi connectivity index (χ1n) is 6.46. The highest BCUT2D eigenvalue weighted by molar-refractivity contribution is 5.48. The SMILES string of the molecule is Cc1ccc(F)c(C2(N)CCc3cc(F)ccc32)c1F. The first-order chi connectivity index (χ1) is 9.43. The summed E-state index contributed by atoms with van der Waals surface area (Å²) in [5, 5.41) is 0. The van der Waals surface area contributed by atoms with Crippen LogP contribution in [0.5, 0.6) is 0 Å². The van der Waals surface area contributed by atoms with Gasteiger partial charge in [0, 0.05) is 5.56 Å². The average molecular weight is 277 g/mol. The predicted octanol–water partition coefficient (Wildman–Crippen LogP) is 3.56. The van der Waals surface area contributed by atoms with Gasteiger partial charge in [0.1, 0.15) is 17.5 Å². The van der Waals surface area contributed by atoms with Gasteiger partial charge in [-0.3, -0.25) is 0 Å². The van der Waals surface area contributed by atoms with Crippen LogP contribution in [0.4, 0.5) is 13.2 Å². The zero-order valence-corrected chi connectivity index (χ0v) is 11.0. The van der Waals surface area contributed by atoms with Crippen molar-refractivity contribution in [3.05, 3.63) is 70.0 Å². The number of rotatable bonds is 1. The van der Waals surface area contributed by atoms with E-state index < -0.39 is 17.2 Å². The Morgan fingerprint density at radius 3 is 2.60 bits per heavy atom. The summed E-state index contributed by atoms with van der Waals surface area (Å²) in [6.07, 6.45) is 0.874.